The van der Waals surface area contributed by atoms with Crippen molar-refractivity contribution in [3.05, 3.63) is 42.5 Å². The van der Waals surface area contributed by atoms with Crippen molar-refractivity contribution >= 4 is 0 Å². The largest absolute Gasteiger partial charge is 0.488 e. The second kappa shape index (κ2) is 6.45. The van der Waals surface area contributed by atoms with Gasteiger partial charge in [-0.05, 0) is 29.2 Å². The summed E-state index contributed by atoms with van der Waals surface area (Å²) >= 11 is 0. The van der Waals surface area contributed by atoms with Crippen molar-refractivity contribution in [2.45, 2.75) is 26.2 Å². The van der Waals surface area contributed by atoms with Crippen LogP contribution >= 0.6 is 0 Å². The zero-order valence-electron chi connectivity index (χ0n) is 11.2. The molecule has 2 N–H and O–H groups in total. The van der Waals surface area contributed by atoms with Crippen LogP contribution in [-0.2, 0) is 5.41 Å². The lowest BCUT2D eigenvalue weighted by molar-refractivity contribution is -0.646. The molecule has 0 spiro atoms. The Morgan fingerprint density at radius 1 is 1.35 bits per heavy atom. The molecule has 0 unspecified atom stereocenters. The summed E-state index contributed by atoms with van der Waals surface area (Å²) in [6, 6.07) is 8.36. The first kappa shape index (κ1) is 13.8. The van der Waals surface area contributed by atoms with Crippen molar-refractivity contribution in [2.75, 3.05) is 19.7 Å². The summed E-state index contributed by atoms with van der Waals surface area (Å²) in [6.07, 6.45) is 1.90. The van der Waals surface area contributed by atoms with E-state index in [4.69, 9.17) is 4.74 Å². The second-order valence-electron chi connectivity index (χ2n) is 5.23. The van der Waals surface area contributed by atoms with Gasteiger partial charge < -0.3 is 10.1 Å². The highest BCUT2D eigenvalue weighted by Gasteiger charge is 2.13. The highest BCUT2D eigenvalue weighted by Crippen LogP contribution is 2.25. The highest BCUT2D eigenvalue weighted by atomic mass is 16.5. The van der Waals surface area contributed by atoms with Crippen LogP contribution in [0.5, 0.6) is 5.75 Å². The highest BCUT2D eigenvalue weighted by molar-refractivity contribution is 5.32. The first-order valence-electron chi connectivity index (χ1n) is 6.20. The third-order valence-electron chi connectivity index (χ3n) is 2.62. The van der Waals surface area contributed by atoms with Crippen LogP contribution in [-0.4, -0.2) is 19.7 Å². The maximum absolute atomic E-state index is 5.72. The fourth-order valence-corrected chi connectivity index (χ4v) is 1.55. The summed E-state index contributed by atoms with van der Waals surface area (Å²) in [7, 11) is 0. The van der Waals surface area contributed by atoms with Gasteiger partial charge in [0, 0.05) is 0 Å². The first-order valence-corrected chi connectivity index (χ1v) is 6.20. The summed E-state index contributed by atoms with van der Waals surface area (Å²) in [6.45, 7) is 13.0. The van der Waals surface area contributed by atoms with Crippen LogP contribution in [0.2, 0.25) is 0 Å². The van der Waals surface area contributed by atoms with Gasteiger partial charge in [0.2, 0.25) is 0 Å². The van der Waals surface area contributed by atoms with E-state index in [2.05, 4.69) is 50.9 Å². The second-order valence-corrected chi connectivity index (χ2v) is 5.23. The number of quaternary nitrogens is 1. The Balaban J connectivity index is 2.46. The molecule has 0 fully saturated rings. The van der Waals surface area contributed by atoms with E-state index < -0.39 is 0 Å². The Morgan fingerprint density at radius 2 is 2.12 bits per heavy atom. The zero-order valence-corrected chi connectivity index (χ0v) is 11.2. The van der Waals surface area contributed by atoms with Gasteiger partial charge >= 0.3 is 0 Å². The molecule has 0 amide bonds. The summed E-state index contributed by atoms with van der Waals surface area (Å²) in [5, 5.41) is 2.18. The Kier molecular flexibility index (Phi) is 5.23. The predicted molar refractivity (Wildman–Crippen MR) is 72.5 cm³/mol. The minimum absolute atomic E-state index is 0.175. The van der Waals surface area contributed by atoms with Crippen molar-refractivity contribution < 1.29 is 10.1 Å². The number of nitrogens with two attached hydrogens (primary N) is 1. The molecule has 0 bridgehead atoms. The lowest BCUT2D eigenvalue weighted by Gasteiger charge is -2.19. The van der Waals surface area contributed by atoms with Gasteiger partial charge in [-0.3, -0.25) is 0 Å². The number of ether oxygens (including phenoxy) is 1. The van der Waals surface area contributed by atoms with Crippen LogP contribution in [0.1, 0.15) is 26.3 Å². The molecular formula is C15H24NO+. The number of hydrogen-bond donors (Lipinski definition) is 1. The van der Waals surface area contributed by atoms with Crippen LogP contribution < -0.4 is 10.1 Å². The Bertz CT molecular complexity index is 352. The standard InChI is InChI=1S/C15H23NO/c1-5-9-16-10-11-17-14-8-6-7-13(12-14)15(2,3)4/h5-8,12,16H,1,9-11H2,2-4H3/p+1. The minimum atomic E-state index is 0.175. The van der Waals surface area contributed by atoms with Gasteiger partial charge in [-0.25, -0.2) is 0 Å². The summed E-state index contributed by atoms with van der Waals surface area (Å²) in [4.78, 5) is 0. The van der Waals surface area contributed by atoms with E-state index in [9.17, 15) is 0 Å². The average molecular weight is 234 g/mol. The molecule has 17 heavy (non-hydrogen) atoms. The maximum atomic E-state index is 5.72. The first-order chi connectivity index (χ1) is 8.04. The normalized spacial score (nSPS) is 11.2. The van der Waals surface area contributed by atoms with Gasteiger partial charge in [0.1, 0.15) is 18.9 Å². The Labute approximate surface area is 105 Å². The number of hydrogen-bond acceptors (Lipinski definition) is 1. The molecule has 94 valence electrons. The Hall–Kier alpha value is -1.28. The molecule has 0 radical (unpaired) electrons. The van der Waals surface area contributed by atoms with Crippen molar-refractivity contribution in [1.29, 1.82) is 0 Å². The zero-order chi connectivity index (χ0) is 12.7. The van der Waals surface area contributed by atoms with Gasteiger partial charge in [-0.2, -0.15) is 0 Å². The van der Waals surface area contributed by atoms with E-state index in [1.165, 1.54) is 5.56 Å². The van der Waals surface area contributed by atoms with Crippen LogP contribution in [0, 0.1) is 0 Å². The van der Waals surface area contributed by atoms with E-state index in [1.54, 1.807) is 0 Å². The molecule has 0 atom stereocenters. The lowest BCUT2D eigenvalue weighted by atomic mass is 9.87. The lowest BCUT2D eigenvalue weighted by Crippen LogP contribution is -2.85. The van der Waals surface area contributed by atoms with Crippen molar-refractivity contribution in [3.8, 4) is 5.75 Å². The predicted octanol–water partition coefficient (Wildman–Crippen LogP) is 2.11. The third kappa shape index (κ3) is 5.05. The maximum Gasteiger partial charge on any atom is 0.137 e. The molecule has 0 aliphatic carbocycles. The topological polar surface area (TPSA) is 25.8 Å². The van der Waals surface area contributed by atoms with Gasteiger partial charge in [0.05, 0.1) is 6.54 Å². The van der Waals surface area contributed by atoms with E-state index in [1.807, 2.05) is 12.1 Å². The fraction of sp³-hybridized carbons (Fsp3) is 0.467. The number of benzene rings is 1. The van der Waals surface area contributed by atoms with Crippen LogP contribution in [0.4, 0.5) is 0 Å². The van der Waals surface area contributed by atoms with Gasteiger partial charge in [0.15, 0.2) is 0 Å². The molecule has 0 aliphatic rings. The van der Waals surface area contributed by atoms with Crippen molar-refractivity contribution in [2.24, 2.45) is 0 Å². The molecule has 0 saturated heterocycles. The SMILES string of the molecule is C=CC[NH2+]CCOc1cccc(C(C)(C)C)c1. The monoisotopic (exact) mass is 234 g/mol. The third-order valence-corrected chi connectivity index (χ3v) is 2.62. The quantitative estimate of drug-likeness (QED) is 0.592. The smallest absolute Gasteiger partial charge is 0.137 e. The van der Waals surface area contributed by atoms with E-state index in [-0.39, 0.29) is 5.41 Å². The Morgan fingerprint density at radius 3 is 2.76 bits per heavy atom. The van der Waals surface area contributed by atoms with Gasteiger partial charge in [-0.15, -0.1) is 0 Å². The van der Waals surface area contributed by atoms with E-state index >= 15 is 0 Å². The molecule has 0 aromatic heterocycles. The van der Waals surface area contributed by atoms with Crippen LogP contribution in [0.3, 0.4) is 0 Å². The minimum Gasteiger partial charge on any atom is -0.488 e. The average Bonchev–Trinajstić information content (AvgIpc) is 2.28. The summed E-state index contributed by atoms with van der Waals surface area (Å²) in [5.41, 5.74) is 1.49. The molecule has 2 nitrogen and oxygen atoms in total. The van der Waals surface area contributed by atoms with E-state index in [0.717, 1.165) is 25.4 Å². The van der Waals surface area contributed by atoms with Gasteiger partial charge in [-0.1, -0.05) is 39.5 Å². The van der Waals surface area contributed by atoms with Crippen molar-refractivity contribution in [1.82, 2.24) is 0 Å². The molecule has 1 rings (SSSR count). The molecule has 0 aliphatic heterocycles. The summed E-state index contributed by atoms with van der Waals surface area (Å²) in [5.74, 6) is 0.962. The van der Waals surface area contributed by atoms with Crippen LogP contribution in [0.15, 0.2) is 36.9 Å². The van der Waals surface area contributed by atoms with Gasteiger partial charge in [0.25, 0.3) is 0 Å². The van der Waals surface area contributed by atoms with Crippen molar-refractivity contribution in [3.63, 3.8) is 0 Å². The summed E-state index contributed by atoms with van der Waals surface area (Å²) < 4.78 is 5.72. The molecule has 1 aromatic rings. The molecular weight excluding hydrogens is 210 g/mol. The number of rotatable bonds is 6. The molecule has 1 aromatic carbocycles. The fourth-order valence-electron chi connectivity index (χ4n) is 1.55. The molecule has 2 heteroatoms. The molecule has 0 saturated carbocycles. The molecule has 0 heterocycles. The van der Waals surface area contributed by atoms with E-state index in [0.29, 0.717) is 0 Å². The van der Waals surface area contributed by atoms with Crippen LogP contribution in [0.25, 0.3) is 0 Å².